The third-order valence-electron chi connectivity index (χ3n) is 3.26. The molecule has 88 valence electrons. The minimum atomic E-state index is 0.391. The molecule has 1 fully saturated rings. The highest BCUT2D eigenvalue weighted by molar-refractivity contribution is 5.82. The maximum absolute atomic E-state index is 5.80. The van der Waals surface area contributed by atoms with Gasteiger partial charge in [-0.2, -0.15) is 0 Å². The number of likely N-dealkylation sites (tertiary alicyclic amines) is 1. The van der Waals surface area contributed by atoms with Crippen molar-refractivity contribution < 1.29 is 0 Å². The van der Waals surface area contributed by atoms with Crippen LogP contribution in [0.25, 0.3) is 0 Å². The molecule has 0 aromatic carbocycles. The number of hydrogen-bond donors (Lipinski definition) is 1. The van der Waals surface area contributed by atoms with Crippen molar-refractivity contribution in [3.8, 4) is 0 Å². The summed E-state index contributed by atoms with van der Waals surface area (Å²) in [6.45, 7) is 7.59. The number of nitrogens with zero attached hydrogens (tertiary/aromatic N) is 2. The van der Waals surface area contributed by atoms with Crippen molar-refractivity contribution in [1.82, 2.24) is 4.90 Å². The molecule has 0 saturated carbocycles. The van der Waals surface area contributed by atoms with Crippen molar-refractivity contribution in [2.24, 2.45) is 22.6 Å². The van der Waals surface area contributed by atoms with Crippen LogP contribution < -0.4 is 5.73 Å². The first-order valence-electron chi connectivity index (χ1n) is 6.08. The van der Waals surface area contributed by atoms with Gasteiger partial charge in [-0.05, 0) is 45.3 Å². The van der Waals surface area contributed by atoms with Crippen molar-refractivity contribution in [1.29, 1.82) is 0 Å². The molecule has 2 N–H and O–H groups in total. The maximum atomic E-state index is 5.80. The standard InChI is InChI=1S/C12H25N3/c1-10(2)12(13)14-7-4-11-5-8-15(3)9-6-11/h10-11H,4-9H2,1-3H3,(H2,13,14). The molecule has 1 aliphatic rings. The lowest BCUT2D eigenvalue weighted by atomic mass is 9.94. The first kappa shape index (κ1) is 12.5. The highest BCUT2D eigenvalue weighted by Crippen LogP contribution is 2.19. The van der Waals surface area contributed by atoms with Gasteiger partial charge in [0.05, 0.1) is 5.84 Å². The quantitative estimate of drug-likeness (QED) is 0.568. The minimum absolute atomic E-state index is 0.391. The number of nitrogens with two attached hydrogens (primary N) is 1. The lowest BCUT2D eigenvalue weighted by Crippen LogP contribution is -2.30. The summed E-state index contributed by atoms with van der Waals surface area (Å²) in [6, 6.07) is 0. The van der Waals surface area contributed by atoms with E-state index in [9.17, 15) is 0 Å². The molecular formula is C12H25N3. The SMILES string of the molecule is CC(C)C(N)=NCCC1CCN(C)CC1. The van der Waals surface area contributed by atoms with Gasteiger partial charge in [-0.15, -0.1) is 0 Å². The Balaban J connectivity index is 2.18. The van der Waals surface area contributed by atoms with Gasteiger partial charge in [-0.3, -0.25) is 4.99 Å². The van der Waals surface area contributed by atoms with E-state index in [-0.39, 0.29) is 0 Å². The summed E-state index contributed by atoms with van der Waals surface area (Å²) in [5.74, 6) is 2.07. The fourth-order valence-corrected chi connectivity index (χ4v) is 1.91. The highest BCUT2D eigenvalue weighted by atomic mass is 15.1. The predicted molar refractivity (Wildman–Crippen MR) is 66.2 cm³/mol. The summed E-state index contributed by atoms with van der Waals surface area (Å²) < 4.78 is 0. The summed E-state index contributed by atoms with van der Waals surface area (Å²) in [6.07, 6.45) is 3.86. The minimum Gasteiger partial charge on any atom is -0.387 e. The second kappa shape index (κ2) is 6.11. The fourth-order valence-electron chi connectivity index (χ4n) is 1.91. The van der Waals surface area contributed by atoms with Gasteiger partial charge in [0.1, 0.15) is 0 Å². The summed E-state index contributed by atoms with van der Waals surface area (Å²) in [5, 5.41) is 0. The second-order valence-electron chi connectivity index (χ2n) is 5.00. The second-order valence-corrected chi connectivity index (χ2v) is 5.00. The van der Waals surface area contributed by atoms with Crippen LogP contribution in [0.3, 0.4) is 0 Å². The number of aliphatic imine (C=N–C) groups is 1. The van der Waals surface area contributed by atoms with Gasteiger partial charge in [0.25, 0.3) is 0 Å². The summed E-state index contributed by atoms with van der Waals surface area (Å²) in [7, 11) is 2.20. The van der Waals surface area contributed by atoms with Crippen LogP contribution in [0.5, 0.6) is 0 Å². The van der Waals surface area contributed by atoms with Gasteiger partial charge in [-0.1, -0.05) is 13.8 Å². The Kier molecular flexibility index (Phi) is 5.09. The van der Waals surface area contributed by atoms with Crippen molar-refractivity contribution in [2.75, 3.05) is 26.7 Å². The van der Waals surface area contributed by atoms with E-state index in [0.717, 1.165) is 18.3 Å². The first-order valence-corrected chi connectivity index (χ1v) is 6.08. The lowest BCUT2D eigenvalue weighted by Gasteiger charge is -2.28. The molecule has 0 aromatic heterocycles. The van der Waals surface area contributed by atoms with Gasteiger partial charge in [0.2, 0.25) is 0 Å². The average molecular weight is 211 g/mol. The molecule has 0 aliphatic carbocycles. The van der Waals surface area contributed by atoms with Gasteiger partial charge in [0.15, 0.2) is 0 Å². The number of hydrogen-bond acceptors (Lipinski definition) is 2. The van der Waals surface area contributed by atoms with Crippen LogP contribution in [0.15, 0.2) is 4.99 Å². The molecule has 0 atom stereocenters. The third-order valence-corrected chi connectivity index (χ3v) is 3.26. The van der Waals surface area contributed by atoms with Crippen molar-refractivity contribution in [3.05, 3.63) is 0 Å². The molecule has 15 heavy (non-hydrogen) atoms. The molecular weight excluding hydrogens is 186 g/mol. The third kappa shape index (κ3) is 4.65. The largest absolute Gasteiger partial charge is 0.387 e. The normalized spacial score (nSPS) is 21.2. The highest BCUT2D eigenvalue weighted by Gasteiger charge is 2.15. The van der Waals surface area contributed by atoms with Gasteiger partial charge in [-0.25, -0.2) is 0 Å². The van der Waals surface area contributed by atoms with Gasteiger partial charge in [0, 0.05) is 12.5 Å². The van der Waals surface area contributed by atoms with Crippen LogP contribution in [-0.2, 0) is 0 Å². The average Bonchev–Trinajstić information content (AvgIpc) is 2.20. The zero-order chi connectivity index (χ0) is 11.3. The molecule has 0 amide bonds. The van der Waals surface area contributed by atoms with E-state index in [2.05, 4.69) is 30.8 Å². The summed E-state index contributed by atoms with van der Waals surface area (Å²) in [5.41, 5.74) is 5.80. The van der Waals surface area contributed by atoms with E-state index in [1.807, 2.05) is 0 Å². The van der Waals surface area contributed by atoms with Crippen LogP contribution in [0.2, 0.25) is 0 Å². The van der Waals surface area contributed by atoms with E-state index in [1.165, 1.54) is 32.4 Å². The molecule has 0 radical (unpaired) electrons. The molecule has 0 spiro atoms. The van der Waals surface area contributed by atoms with Crippen LogP contribution in [-0.4, -0.2) is 37.4 Å². The maximum Gasteiger partial charge on any atom is 0.0962 e. The molecule has 1 saturated heterocycles. The Labute approximate surface area is 93.7 Å². The Morgan fingerprint density at radius 3 is 2.53 bits per heavy atom. The topological polar surface area (TPSA) is 41.6 Å². The molecule has 0 bridgehead atoms. The predicted octanol–water partition coefficient (Wildman–Crippen LogP) is 1.73. The van der Waals surface area contributed by atoms with Crippen LogP contribution >= 0.6 is 0 Å². The molecule has 1 rings (SSSR count). The Morgan fingerprint density at radius 1 is 1.40 bits per heavy atom. The summed E-state index contributed by atoms with van der Waals surface area (Å²) in [4.78, 5) is 6.82. The Bertz CT molecular complexity index is 203. The molecule has 1 aliphatic heterocycles. The van der Waals surface area contributed by atoms with Crippen molar-refractivity contribution in [3.63, 3.8) is 0 Å². The monoisotopic (exact) mass is 211 g/mol. The smallest absolute Gasteiger partial charge is 0.0962 e. The lowest BCUT2D eigenvalue weighted by molar-refractivity contribution is 0.214. The van der Waals surface area contributed by atoms with E-state index in [4.69, 9.17) is 5.73 Å². The van der Waals surface area contributed by atoms with E-state index in [0.29, 0.717) is 5.92 Å². The van der Waals surface area contributed by atoms with Gasteiger partial charge >= 0.3 is 0 Å². The zero-order valence-electron chi connectivity index (χ0n) is 10.4. The molecule has 3 heteroatoms. The van der Waals surface area contributed by atoms with Crippen LogP contribution in [0.4, 0.5) is 0 Å². The Hall–Kier alpha value is -0.570. The van der Waals surface area contributed by atoms with E-state index < -0.39 is 0 Å². The molecule has 0 aromatic rings. The first-order chi connectivity index (χ1) is 7.09. The Morgan fingerprint density at radius 2 is 2.00 bits per heavy atom. The summed E-state index contributed by atoms with van der Waals surface area (Å²) >= 11 is 0. The van der Waals surface area contributed by atoms with Crippen molar-refractivity contribution in [2.45, 2.75) is 33.1 Å². The fraction of sp³-hybridized carbons (Fsp3) is 0.917. The van der Waals surface area contributed by atoms with E-state index >= 15 is 0 Å². The number of rotatable bonds is 4. The van der Waals surface area contributed by atoms with Crippen LogP contribution in [0.1, 0.15) is 33.1 Å². The number of piperidine rings is 1. The van der Waals surface area contributed by atoms with Gasteiger partial charge < -0.3 is 10.6 Å². The molecule has 1 heterocycles. The number of amidine groups is 1. The zero-order valence-corrected chi connectivity index (χ0v) is 10.4. The van der Waals surface area contributed by atoms with Crippen molar-refractivity contribution >= 4 is 5.84 Å². The molecule has 0 unspecified atom stereocenters. The van der Waals surface area contributed by atoms with E-state index in [1.54, 1.807) is 0 Å². The molecule has 3 nitrogen and oxygen atoms in total. The van der Waals surface area contributed by atoms with Crippen LogP contribution in [0, 0.1) is 11.8 Å².